The van der Waals surface area contributed by atoms with Crippen LogP contribution in [0.4, 0.5) is 43.4 Å². The highest BCUT2D eigenvalue weighted by Crippen LogP contribution is 2.28. The van der Waals surface area contributed by atoms with E-state index < -0.39 is 11.6 Å². The van der Waals surface area contributed by atoms with E-state index in [1.165, 1.54) is 0 Å². The van der Waals surface area contributed by atoms with Crippen LogP contribution in [0, 0.1) is 11.6 Å². The number of hydrogen-bond acceptors (Lipinski definition) is 13. The zero-order valence-corrected chi connectivity index (χ0v) is 31.5. The number of nitrogens with zero attached hydrogens (tertiary/aromatic N) is 8. The third kappa shape index (κ3) is 8.20. The summed E-state index contributed by atoms with van der Waals surface area (Å²) in [5, 5.41) is 6.42. The van der Waals surface area contributed by atoms with Gasteiger partial charge < -0.3 is 36.3 Å². The molecule has 0 aliphatic rings. The average molecular weight is 793 g/mol. The van der Waals surface area contributed by atoms with E-state index in [0.29, 0.717) is 33.8 Å². The molecule has 8 rings (SSSR count). The Kier molecular flexibility index (Phi) is 11.3. The molecule has 0 saturated heterocycles. The number of methoxy groups -OCH3 is 3. The summed E-state index contributed by atoms with van der Waals surface area (Å²) in [4.78, 5) is 26.1. The summed E-state index contributed by atoms with van der Waals surface area (Å²) >= 11 is 5.90. The number of ether oxygens (including phenoxy) is 3. The summed E-state index contributed by atoms with van der Waals surface area (Å²) in [6, 6.07) is 28.8. The van der Waals surface area contributed by atoms with E-state index >= 15 is 0 Å². The monoisotopic (exact) mass is 792 g/mol. The van der Waals surface area contributed by atoms with Crippen LogP contribution in [0.1, 0.15) is 11.6 Å². The number of nitrogens with two attached hydrogens (primary N) is 2. The average Bonchev–Trinajstić information content (AvgIpc) is 3.77. The zero-order chi connectivity index (χ0) is 40.1. The summed E-state index contributed by atoms with van der Waals surface area (Å²) in [5.74, 6) is 0.116. The smallest absolute Gasteiger partial charge is 0.239 e. The van der Waals surface area contributed by atoms with Crippen molar-refractivity contribution in [2.75, 3.05) is 43.4 Å². The van der Waals surface area contributed by atoms with Crippen molar-refractivity contribution in [1.82, 2.24) is 39.0 Å². The minimum atomic E-state index is -0.739. The lowest BCUT2D eigenvalue weighted by Gasteiger charge is -2.12. The Morgan fingerprint density at radius 1 is 0.579 bits per heavy atom. The molecule has 18 heteroatoms. The molecule has 4 heterocycles. The van der Waals surface area contributed by atoms with Gasteiger partial charge in [-0.3, -0.25) is 9.13 Å². The molecular formula is C39H35ClF2N12O3. The van der Waals surface area contributed by atoms with Crippen LogP contribution in [0.5, 0.6) is 5.75 Å². The summed E-state index contributed by atoms with van der Waals surface area (Å²) < 4.78 is 48.2. The van der Waals surface area contributed by atoms with Crippen molar-refractivity contribution in [2.45, 2.75) is 13.2 Å². The minimum absolute atomic E-state index is 0.0428. The van der Waals surface area contributed by atoms with Crippen LogP contribution in [0.2, 0.25) is 5.02 Å². The van der Waals surface area contributed by atoms with E-state index in [-0.39, 0.29) is 48.4 Å². The van der Waals surface area contributed by atoms with Crippen LogP contribution in [0.25, 0.3) is 34.0 Å². The van der Waals surface area contributed by atoms with Crippen molar-refractivity contribution in [3.63, 3.8) is 0 Å². The number of rotatable bonds is 11. The number of fused-ring (bicyclic) bond motifs is 2. The van der Waals surface area contributed by atoms with E-state index in [9.17, 15) is 8.78 Å². The Labute approximate surface area is 329 Å². The third-order valence-corrected chi connectivity index (χ3v) is 8.65. The summed E-state index contributed by atoms with van der Waals surface area (Å²) in [6.07, 6.45) is 0. The molecule has 8 aromatic rings. The summed E-state index contributed by atoms with van der Waals surface area (Å²) in [6.45, 7) is 0.464. The molecule has 15 nitrogen and oxygen atoms in total. The molecule has 0 atom stereocenters. The Hall–Kier alpha value is -6.95. The number of benzene rings is 4. The minimum Gasteiger partial charge on any atom is -0.497 e. The molecule has 57 heavy (non-hydrogen) atoms. The lowest BCUT2D eigenvalue weighted by Crippen LogP contribution is -2.12. The second-order valence-electron chi connectivity index (χ2n) is 12.2. The number of imidazole rings is 2. The number of hydrogen-bond donors (Lipinski definition) is 4. The molecule has 6 N–H and O–H groups in total. The molecule has 0 saturated carbocycles. The van der Waals surface area contributed by atoms with Gasteiger partial charge in [0, 0.05) is 30.6 Å². The van der Waals surface area contributed by atoms with Gasteiger partial charge in [0.25, 0.3) is 0 Å². The van der Waals surface area contributed by atoms with Crippen LogP contribution in [-0.4, -0.2) is 60.4 Å². The van der Waals surface area contributed by atoms with E-state index in [0.717, 1.165) is 22.1 Å². The second kappa shape index (κ2) is 16.8. The van der Waals surface area contributed by atoms with Gasteiger partial charge in [0.2, 0.25) is 23.5 Å². The van der Waals surface area contributed by atoms with Gasteiger partial charge in [-0.2, -0.15) is 28.7 Å². The van der Waals surface area contributed by atoms with Crippen LogP contribution >= 0.6 is 11.6 Å². The van der Waals surface area contributed by atoms with Crippen LogP contribution in [0.3, 0.4) is 0 Å². The highest BCUT2D eigenvalue weighted by atomic mass is 35.5. The van der Waals surface area contributed by atoms with Crippen molar-refractivity contribution in [1.29, 1.82) is 0 Å². The zero-order valence-electron chi connectivity index (χ0n) is 30.7. The maximum Gasteiger partial charge on any atom is 0.239 e. The largest absolute Gasteiger partial charge is 0.497 e. The van der Waals surface area contributed by atoms with Crippen LogP contribution < -0.4 is 26.8 Å². The number of aromatic nitrogens is 8. The van der Waals surface area contributed by atoms with Gasteiger partial charge in [-0.05, 0) is 72.8 Å². The molecule has 0 radical (unpaired) electrons. The SMILES string of the molecule is COCc1nc2ccccc2n1-c1nc(N)c(F)c(Nc2ccc(Cl)cc2)n1.COCc1nc2ccccc2n1-c1nc(N)c(F)c(Nc2ccc(OC)cc2)n1. The van der Waals surface area contributed by atoms with Gasteiger partial charge in [0.05, 0.1) is 29.2 Å². The van der Waals surface area contributed by atoms with Crippen molar-refractivity contribution in [3.8, 4) is 17.6 Å². The van der Waals surface area contributed by atoms with Crippen LogP contribution in [-0.2, 0) is 22.7 Å². The molecule has 0 bridgehead atoms. The third-order valence-electron chi connectivity index (χ3n) is 8.40. The molecule has 0 fully saturated rings. The van der Waals surface area contributed by atoms with E-state index in [1.54, 1.807) is 79.0 Å². The highest BCUT2D eigenvalue weighted by molar-refractivity contribution is 6.30. The molecule has 4 aromatic heterocycles. The van der Waals surface area contributed by atoms with E-state index in [1.807, 2.05) is 48.5 Å². The topological polar surface area (TPSA) is 191 Å². The molecule has 4 aromatic carbocycles. The number of nitrogen functional groups attached to an aromatic ring is 2. The fraction of sp³-hybridized carbons (Fsp3) is 0.128. The molecule has 0 amide bonds. The summed E-state index contributed by atoms with van der Waals surface area (Å²) in [7, 11) is 4.71. The maximum atomic E-state index is 14.6. The fourth-order valence-electron chi connectivity index (χ4n) is 5.80. The number of anilines is 6. The van der Waals surface area contributed by atoms with Crippen LogP contribution in [0.15, 0.2) is 97.1 Å². The Morgan fingerprint density at radius 3 is 1.42 bits per heavy atom. The fourth-order valence-corrected chi connectivity index (χ4v) is 5.93. The molecule has 0 aliphatic heterocycles. The first kappa shape index (κ1) is 38.3. The number of halogens is 3. The predicted molar refractivity (Wildman–Crippen MR) is 214 cm³/mol. The Bertz CT molecular complexity index is 2670. The van der Waals surface area contributed by atoms with Crippen molar-refractivity contribution >= 4 is 68.3 Å². The van der Waals surface area contributed by atoms with Crippen molar-refractivity contribution in [3.05, 3.63) is 125 Å². The lowest BCUT2D eigenvalue weighted by atomic mass is 10.3. The number of nitrogens with one attached hydrogen (secondary N) is 2. The number of para-hydroxylation sites is 4. The van der Waals surface area contributed by atoms with E-state index in [2.05, 4.69) is 40.5 Å². The van der Waals surface area contributed by atoms with Gasteiger partial charge in [-0.25, -0.2) is 9.97 Å². The quantitative estimate of drug-likeness (QED) is 0.101. The first-order valence-corrected chi connectivity index (χ1v) is 17.6. The lowest BCUT2D eigenvalue weighted by molar-refractivity contribution is 0.176. The molecule has 0 spiro atoms. The first-order chi connectivity index (χ1) is 27.7. The highest BCUT2D eigenvalue weighted by Gasteiger charge is 2.21. The molecular weight excluding hydrogens is 758 g/mol. The normalized spacial score (nSPS) is 11.1. The maximum absolute atomic E-state index is 14.6. The molecule has 0 aliphatic carbocycles. The van der Waals surface area contributed by atoms with Crippen molar-refractivity contribution in [2.24, 2.45) is 0 Å². The standard InChI is InChI=1S/C20H19FN6O2.C19H16ClFN6O/c1-28-11-16-24-14-5-3-4-6-15(14)27(16)20-25-18(22)17(21)19(26-20)23-12-7-9-13(29-2)10-8-12;1-28-10-15-24-13-4-2-3-5-14(13)27(15)19-25-17(22)16(21)18(26-19)23-12-8-6-11(20)7-9-12/h3-10H,11H2,1-2H3,(H3,22,23,25,26);2-9H,10H2,1H3,(H3,22,23,25,26). The molecule has 0 unspecified atom stereocenters. The summed E-state index contributed by atoms with van der Waals surface area (Å²) in [5.41, 5.74) is 15.9. The molecule has 290 valence electrons. The van der Waals surface area contributed by atoms with Gasteiger partial charge in [-0.15, -0.1) is 0 Å². The van der Waals surface area contributed by atoms with Gasteiger partial charge in [-0.1, -0.05) is 35.9 Å². The van der Waals surface area contributed by atoms with E-state index in [4.69, 9.17) is 37.3 Å². The van der Waals surface area contributed by atoms with Gasteiger partial charge in [0.1, 0.15) is 30.6 Å². The predicted octanol–water partition coefficient (Wildman–Crippen LogP) is 7.52. The Morgan fingerprint density at radius 2 is 1.00 bits per heavy atom. The Balaban J connectivity index is 0.000000174. The van der Waals surface area contributed by atoms with Gasteiger partial charge in [0.15, 0.2) is 23.3 Å². The van der Waals surface area contributed by atoms with Crippen molar-refractivity contribution < 1.29 is 23.0 Å². The van der Waals surface area contributed by atoms with Gasteiger partial charge >= 0.3 is 0 Å². The second-order valence-corrected chi connectivity index (χ2v) is 12.6. The first-order valence-electron chi connectivity index (χ1n) is 17.2.